The van der Waals surface area contributed by atoms with E-state index in [1.165, 1.54) is 16.0 Å². The Balaban J connectivity index is 0.000000312. The molecule has 0 saturated carbocycles. The molecular formula is C16H19NO2. The Bertz CT molecular complexity index is 478. The SMILES string of the molecule is CN(C)C=O.Oc1ccc(Cc2ccccc2)cc1. The van der Waals surface area contributed by atoms with Gasteiger partial charge in [0.15, 0.2) is 0 Å². The lowest BCUT2D eigenvalue weighted by Crippen LogP contribution is -2.06. The number of phenols is 1. The fourth-order valence-electron chi connectivity index (χ4n) is 1.45. The number of aromatic hydroxyl groups is 1. The Hall–Kier alpha value is -2.29. The van der Waals surface area contributed by atoms with Crippen LogP contribution in [0.3, 0.4) is 0 Å². The second-order valence-corrected chi connectivity index (χ2v) is 4.40. The number of nitrogens with zero attached hydrogens (tertiary/aromatic N) is 1. The number of hydrogen-bond donors (Lipinski definition) is 1. The van der Waals surface area contributed by atoms with Crippen LogP contribution < -0.4 is 0 Å². The topological polar surface area (TPSA) is 40.5 Å². The molecule has 0 bridgehead atoms. The highest BCUT2D eigenvalue weighted by molar-refractivity contribution is 5.45. The molecular weight excluding hydrogens is 238 g/mol. The van der Waals surface area contributed by atoms with E-state index in [9.17, 15) is 4.79 Å². The number of rotatable bonds is 3. The van der Waals surface area contributed by atoms with Gasteiger partial charge < -0.3 is 10.0 Å². The van der Waals surface area contributed by atoms with Crippen molar-refractivity contribution in [2.24, 2.45) is 0 Å². The van der Waals surface area contributed by atoms with Gasteiger partial charge in [-0.2, -0.15) is 0 Å². The van der Waals surface area contributed by atoms with Crippen LogP contribution in [-0.4, -0.2) is 30.5 Å². The van der Waals surface area contributed by atoms with E-state index in [0.29, 0.717) is 5.75 Å². The molecule has 2 aromatic rings. The fraction of sp³-hybridized carbons (Fsp3) is 0.188. The minimum atomic E-state index is 0.321. The van der Waals surface area contributed by atoms with Gasteiger partial charge in [0.05, 0.1) is 0 Å². The van der Waals surface area contributed by atoms with Crippen LogP contribution in [0.4, 0.5) is 0 Å². The maximum atomic E-state index is 9.43. The van der Waals surface area contributed by atoms with Crippen LogP contribution in [0.1, 0.15) is 11.1 Å². The van der Waals surface area contributed by atoms with Gasteiger partial charge in [-0.15, -0.1) is 0 Å². The van der Waals surface area contributed by atoms with E-state index in [1.54, 1.807) is 26.2 Å². The van der Waals surface area contributed by atoms with Crippen molar-refractivity contribution in [1.29, 1.82) is 0 Å². The van der Waals surface area contributed by atoms with Gasteiger partial charge in [-0.25, -0.2) is 0 Å². The van der Waals surface area contributed by atoms with Crippen molar-refractivity contribution < 1.29 is 9.90 Å². The maximum absolute atomic E-state index is 9.43. The molecule has 100 valence electrons. The monoisotopic (exact) mass is 257 g/mol. The van der Waals surface area contributed by atoms with Crippen molar-refractivity contribution in [2.75, 3.05) is 14.1 Å². The number of carbonyl (C=O) groups is 1. The lowest BCUT2D eigenvalue weighted by molar-refractivity contribution is -0.115. The van der Waals surface area contributed by atoms with Gasteiger partial charge in [0.25, 0.3) is 0 Å². The molecule has 19 heavy (non-hydrogen) atoms. The Morgan fingerprint density at radius 3 is 1.89 bits per heavy atom. The number of carbonyl (C=O) groups excluding carboxylic acids is 1. The van der Waals surface area contributed by atoms with Gasteiger partial charge in [0.2, 0.25) is 6.41 Å². The predicted molar refractivity (Wildman–Crippen MR) is 77.1 cm³/mol. The van der Waals surface area contributed by atoms with Crippen molar-refractivity contribution in [3.63, 3.8) is 0 Å². The standard InChI is InChI=1S/C13H12O.C3H7NO/c14-13-8-6-12(7-9-13)10-11-4-2-1-3-5-11;1-4(2)3-5/h1-9,14H,10H2;3H,1-2H3. The lowest BCUT2D eigenvalue weighted by Gasteiger charge is -2.01. The van der Waals surface area contributed by atoms with Crippen molar-refractivity contribution in [3.8, 4) is 5.75 Å². The summed E-state index contributed by atoms with van der Waals surface area (Å²) in [6.07, 6.45) is 1.67. The lowest BCUT2D eigenvalue weighted by atomic mass is 10.1. The van der Waals surface area contributed by atoms with E-state index in [4.69, 9.17) is 5.11 Å². The second-order valence-electron chi connectivity index (χ2n) is 4.40. The van der Waals surface area contributed by atoms with Crippen molar-refractivity contribution in [1.82, 2.24) is 4.90 Å². The average Bonchev–Trinajstić information content (AvgIpc) is 2.43. The van der Waals surface area contributed by atoms with Crippen LogP contribution in [0.15, 0.2) is 54.6 Å². The van der Waals surface area contributed by atoms with Gasteiger partial charge in [0.1, 0.15) is 5.75 Å². The van der Waals surface area contributed by atoms with Crippen LogP contribution in [0.2, 0.25) is 0 Å². The summed E-state index contributed by atoms with van der Waals surface area (Å²) >= 11 is 0. The Labute approximate surface area is 114 Å². The van der Waals surface area contributed by atoms with E-state index < -0.39 is 0 Å². The van der Waals surface area contributed by atoms with Gasteiger partial charge >= 0.3 is 0 Å². The predicted octanol–water partition coefficient (Wildman–Crippen LogP) is 2.69. The summed E-state index contributed by atoms with van der Waals surface area (Å²) in [5, 5.41) is 9.12. The highest BCUT2D eigenvalue weighted by Gasteiger charge is 1.95. The van der Waals surface area contributed by atoms with Gasteiger partial charge in [0, 0.05) is 14.1 Å². The molecule has 0 radical (unpaired) electrons. The Morgan fingerprint density at radius 1 is 0.947 bits per heavy atom. The molecule has 0 heterocycles. The third-order valence-corrected chi connectivity index (χ3v) is 2.40. The summed E-state index contributed by atoms with van der Waals surface area (Å²) in [6.45, 7) is 0. The van der Waals surface area contributed by atoms with Crippen LogP contribution in [0.5, 0.6) is 5.75 Å². The third-order valence-electron chi connectivity index (χ3n) is 2.40. The molecule has 2 rings (SSSR count). The van der Waals surface area contributed by atoms with E-state index in [0.717, 1.165) is 12.8 Å². The molecule has 0 fully saturated rings. The minimum absolute atomic E-state index is 0.321. The Kier molecular flexibility index (Phi) is 6.16. The molecule has 0 saturated heterocycles. The molecule has 0 spiro atoms. The van der Waals surface area contributed by atoms with Crippen LogP contribution in [-0.2, 0) is 11.2 Å². The molecule has 0 aliphatic rings. The van der Waals surface area contributed by atoms with E-state index in [-0.39, 0.29) is 0 Å². The molecule has 1 amide bonds. The van der Waals surface area contributed by atoms with Gasteiger partial charge in [-0.05, 0) is 29.7 Å². The van der Waals surface area contributed by atoms with Crippen molar-refractivity contribution in [2.45, 2.75) is 6.42 Å². The summed E-state index contributed by atoms with van der Waals surface area (Å²) in [5.41, 5.74) is 2.51. The molecule has 1 N–H and O–H groups in total. The fourth-order valence-corrected chi connectivity index (χ4v) is 1.45. The molecule has 0 aromatic heterocycles. The van der Waals surface area contributed by atoms with Crippen LogP contribution in [0, 0.1) is 0 Å². The molecule has 3 nitrogen and oxygen atoms in total. The maximum Gasteiger partial charge on any atom is 0.209 e. The number of amides is 1. The number of hydrogen-bond acceptors (Lipinski definition) is 2. The third kappa shape index (κ3) is 6.27. The largest absolute Gasteiger partial charge is 0.508 e. The minimum Gasteiger partial charge on any atom is -0.508 e. The highest BCUT2D eigenvalue weighted by Crippen LogP contribution is 2.13. The first-order chi connectivity index (χ1) is 9.11. The molecule has 0 unspecified atom stereocenters. The number of benzene rings is 2. The Morgan fingerprint density at radius 2 is 1.42 bits per heavy atom. The van der Waals surface area contributed by atoms with Crippen molar-refractivity contribution in [3.05, 3.63) is 65.7 Å². The van der Waals surface area contributed by atoms with E-state index in [2.05, 4.69) is 12.1 Å². The zero-order valence-corrected chi connectivity index (χ0v) is 11.3. The van der Waals surface area contributed by atoms with Gasteiger partial charge in [-0.3, -0.25) is 4.79 Å². The first kappa shape index (κ1) is 14.8. The summed E-state index contributed by atoms with van der Waals surface area (Å²) in [7, 11) is 3.38. The molecule has 3 heteroatoms. The smallest absolute Gasteiger partial charge is 0.209 e. The molecule has 0 atom stereocenters. The zero-order valence-electron chi connectivity index (χ0n) is 11.3. The summed E-state index contributed by atoms with van der Waals surface area (Å²) < 4.78 is 0. The summed E-state index contributed by atoms with van der Waals surface area (Å²) in [6, 6.07) is 17.6. The van der Waals surface area contributed by atoms with E-state index in [1.807, 2.05) is 30.3 Å². The van der Waals surface area contributed by atoms with Gasteiger partial charge in [-0.1, -0.05) is 42.5 Å². The quantitative estimate of drug-likeness (QED) is 0.859. The summed E-state index contributed by atoms with van der Waals surface area (Å²) in [4.78, 5) is 10.9. The summed E-state index contributed by atoms with van der Waals surface area (Å²) in [5.74, 6) is 0.321. The average molecular weight is 257 g/mol. The van der Waals surface area contributed by atoms with Crippen molar-refractivity contribution >= 4 is 6.41 Å². The molecule has 2 aromatic carbocycles. The second kappa shape index (κ2) is 7.93. The van der Waals surface area contributed by atoms with E-state index >= 15 is 0 Å². The number of phenolic OH excluding ortho intramolecular Hbond substituents is 1. The molecule has 0 aliphatic carbocycles. The first-order valence-electron chi connectivity index (χ1n) is 6.05. The van der Waals surface area contributed by atoms with Crippen LogP contribution >= 0.6 is 0 Å². The first-order valence-corrected chi connectivity index (χ1v) is 6.05. The van der Waals surface area contributed by atoms with Crippen LogP contribution in [0.25, 0.3) is 0 Å². The normalized spacial score (nSPS) is 9.16. The zero-order chi connectivity index (χ0) is 14.1. The molecule has 0 aliphatic heterocycles. The highest BCUT2D eigenvalue weighted by atomic mass is 16.3.